The molecule has 0 fully saturated rings. The zero-order valence-electron chi connectivity index (χ0n) is 16.0. The Morgan fingerprint density at radius 3 is 2.69 bits per heavy atom. The fraction of sp³-hybridized carbons (Fsp3) is 0.250. The van der Waals surface area contributed by atoms with Gasteiger partial charge in [-0.05, 0) is 30.3 Å². The summed E-state index contributed by atoms with van der Waals surface area (Å²) in [4.78, 5) is 26.1. The van der Waals surface area contributed by atoms with Crippen molar-refractivity contribution >= 4 is 23.5 Å². The lowest BCUT2D eigenvalue weighted by Crippen LogP contribution is -2.38. The van der Waals surface area contributed by atoms with Crippen LogP contribution in [0.3, 0.4) is 0 Å². The van der Waals surface area contributed by atoms with Crippen molar-refractivity contribution in [3.05, 3.63) is 59.4 Å². The fourth-order valence-electron chi connectivity index (χ4n) is 2.73. The lowest BCUT2D eigenvalue weighted by molar-refractivity contribution is -0.141. The van der Waals surface area contributed by atoms with Gasteiger partial charge in [0.2, 0.25) is 0 Å². The average molecular weight is 418 g/mol. The van der Waals surface area contributed by atoms with Gasteiger partial charge in [0.05, 0.1) is 25.7 Å². The summed E-state index contributed by atoms with van der Waals surface area (Å²) < 4.78 is 16.8. The van der Waals surface area contributed by atoms with E-state index in [1.807, 2.05) is 6.07 Å². The Morgan fingerprint density at radius 1 is 1.21 bits per heavy atom. The molecular formula is C20H20ClN3O5. The number of esters is 1. The third-order valence-electron chi connectivity index (χ3n) is 4.16. The lowest BCUT2D eigenvalue weighted by atomic mass is 10.2. The van der Waals surface area contributed by atoms with E-state index in [1.54, 1.807) is 41.1 Å². The van der Waals surface area contributed by atoms with Gasteiger partial charge in [-0.3, -0.25) is 9.59 Å². The first-order valence-electron chi connectivity index (χ1n) is 8.78. The highest BCUT2D eigenvalue weighted by Crippen LogP contribution is 2.26. The molecular weight excluding hydrogens is 398 g/mol. The predicted molar refractivity (Wildman–Crippen MR) is 106 cm³/mol. The molecule has 3 aromatic rings. The minimum Gasteiger partial charge on any atom is -0.468 e. The van der Waals surface area contributed by atoms with Crippen LogP contribution in [0.1, 0.15) is 10.5 Å². The summed E-state index contributed by atoms with van der Waals surface area (Å²) in [6, 6.07) is 12.2. The first-order valence-corrected chi connectivity index (χ1v) is 9.16. The Labute approximate surface area is 172 Å². The third kappa shape index (κ3) is 4.85. The SMILES string of the molecule is COCCN(CC(=O)OC)C(=O)c1cc(-c2ccco2)n(-c2cccc(Cl)c2)n1. The number of aromatic nitrogens is 2. The maximum Gasteiger partial charge on any atom is 0.325 e. The van der Waals surface area contributed by atoms with Crippen LogP contribution in [-0.4, -0.2) is 60.5 Å². The van der Waals surface area contributed by atoms with Crippen molar-refractivity contribution in [2.75, 3.05) is 33.9 Å². The summed E-state index contributed by atoms with van der Waals surface area (Å²) in [5, 5.41) is 4.98. The number of ether oxygens (including phenoxy) is 2. The number of carbonyl (C=O) groups excluding carboxylic acids is 2. The van der Waals surface area contributed by atoms with E-state index in [1.165, 1.54) is 25.4 Å². The predicted octanol–water partition coefficient (Wildman–Crippen LogP) is 3.05. The molecule has 0 bridgehead atoms. The van der Waals surface area contributed by atoms with Crippen LogP contribution >= 0.6 is 11.6 Å². The second kappa shape index (κ2) is 9.40. The molecule has 1 amide bonds. The molecule has 0 spiro atoms. The Hall–Kier alpha value is -3.10. The van der Waals surface area contributed by atoms with Gasteiger partial charge in [0.25, 0.3) is 5.91 Å². The van der Waals surface area contributed by atoms with Gasteiger partial charge in [-0.2, -0.15) is 5.10 Å². The summed E-state index contributed by atoms with van der Waals surface area (Å²) in [6.07, 6.45) is 1.54. The van der Waals surface area contributed by atoms with Gasteiger partial charge in [0.15, 0.2) is 11.5 Å². The third-order valence-corrected chi connectivity index (χ3v) is 4.39. The van der Waals surface area contributed by atoms with E-state index in [-0.39, 0.29) is 25.4 Å². The molecule has 152 valence electrons. The van der Waals surface area contributed by atoms with Gasteiger partial charge in [-0.1, -0.05) is 17.7 Å². The highest BCUT2D eigenvalue weighted by molar-refractivity contribution is 6.30. The van der Waals surface area contributed by atoms with Crippen LogP contribution in [0.2, 0.25) is 5.02 Å². The monoisotopic (exact) mass is 417 g/mol. The van der Waals surface area contributed by atoms with Crippen LogP contribution in [0.4, 0.5) is 0 Å². The van der Waals surface area contributed by atoms with E-state index in [9.17, 15) is 9.59 Å². The van der Waals surface area contributed by atoms with E-state index in [2.05, 4.69) is 9.84 Å². The highest BCUT2D eigenvalue weighted by Gasteiger charge is 2.24. The zero-order valence-corrected chi connectivity index (χ0v) is 16.8. The Kier molecular flexibility index (Phi) is 6.69. The molecule has 2 aromatic heterocycles. The first-order chi connectivity index (χ1) is 14.0. The van der Waals surface area contributed by atoms with Crippen LogP contribution in [-0.2, 0) is 14.3 Å². The van der Waals surface area contributed by atoms with Crippen molar-refractivity contribution in [2.45, 2.75) is 0 Å². The van der Waals surface area contributed by atoms with Gasteiger partial charge in [0, 0.05) is 24.7 Å². The fourth-order valence-corrected chi connectivity index (χ4v) is 2.91. The standard InChI is InChI=1S/C20H20ClN3O5/c1-27-10-8-23(13-19(25)28-2)20(26)16-12-17(18-7-4-9-29-18)24(22-16)15-6-3-5-14(21)11-15/h3-7,9,11-12H,8,10,13H2,1-2H3. The van der Waals surface area contributed by atoms with Crippen LogP contribution in [0, 0.1) is 0 Å². The summed E-state index contributed by atoms with van der Waals surface area (Å²) in [6.45, 7) is 0.270. The molecule has 0 radical (unpaired) electrons. The summed E-state index contributed by atoms with van der Waals surface area (Å²) in [5.41, 5.74) is 1.39. The van der Waals surface area contributed by atoms with E-state index < -0.39 is 11.9 Å². The van der Waals surface area contributed by atoms with Crippen LogP contribution in [0.5, 0.6) is 0 Å². The normalized spacial score (nSPS) is 10.7. The molecule has 0 N–H and O–H groups in total. The number of carbonyl (C=O) groups is 2. The molecule has 0 saturated carbocycles. The van der Waals surface area contributed by atoms with Crippen molar-refractivity contribution < 1.29 is 23.5 Å². The summed E-state index contributed by atoms with van der Waals surface area (Å²) >= 11 is 6.12. The Morgan fingerprint density at radius 2 is 2.03 bits per heavy atom. The summed E-state index contributed by atoms with van der Waals surface area (Å²) in [5.74, 6) is -0.427. The Balaban J connectivity index is 2.01. The van der Waals surface area contributed by atoms with Gasteiger partial charge in [-0.15, -0.1) is 0 Å². The highest BCUT2D eigenvalue weighted by atomic mass is 35.5. The maximum atomic E-state index is 13.1. The molecule has 29 heavy (non-hydrogen) atoms. The van der Waals surface area contributed by atoms with E-state index in [0.717, 1.165) is 0 Å². The molecule has 0 saturated heterocycles. The molecule has 0 aliphatic heterocycles. The topological polar surface area (TPSA) is 86.8 Å². The van der Waals surface area contributed by atoms with Gasteiger partial charge in [0.1, 0.15) is 12.2 Å². The van der Waals surface area contributed by atoms with E-state index in [0.29, 0.717) is 22.2 Å². The summed E-state index contributed by atoms with van der Waals surface area (Å²) in [7, 11) is 2.79. The number of furan rings is 1. The van der Waals surface area contributed by atoms with Crippen molar-refractivity contribution in [1.82, 2.24) is 14.7 Å². The number of hydrogen-bond acceptors (Lipinski definition) is 6. The van der Waals surface area contributed by atoms with Crippen molar-refractivity contribution in [3.63, 3.8) is 0 Å². The van der Waals surface area contributed by atoms with Gasteiger partial charge in [-0.25, -0.2) is 4.68 Å². The minimum absolute atomic E-state index is 0.149. The zero-order chi connectivity index (χ0) is 20.8. The Bertz CT molecular complexity index is 984. The minimum atomic E-state index is -0.532. The van der Waals surface area contributed by atoms with Crippen molar-refractivity contribution in [1.29, 1.82) is 0 Å². The second-order valence-corrected chi connectivity index (χ2v) is 6.52. The molecule has 0 unspecified atom stereocenters. The first kappa shape index (κ1) is 20.6. The molecule has 9 heteroatoms. The van der Waals surface area contributed by atoms with Crippen LogP contribution in [0.15, 0.2) is 53.1 Å². The van der Waals surface area contributed by atoms with Crippen LogP contribution in [0.25, 0.3) is 17.1 Å². The molecule has 0 aliphatic carbocycles. The quantitative estimate of drug-likeness (QED) is 0.523. The van der Waals surface area contributed by atoms with E-state index in [4.69, 9.17) is 20.8 Å². The number of halogens is 1. The van der Waals surface area contributed by atoms with Crippen molar-refractivity contribution in [2.24, 2.45) is 0 Å². The number of nitrogens with zero attached hydrogens (tertiary/aromatic N) is 3. The van der Waals surface area contributed by atoms with Crippen molar-refractivity contribution in [3.8, 4) is 17.1 Å². The molecule has 0 atom stereocenters. The second-order valence-electron chi connectivity index (χ2n) is 6.08. The molecule has 2 heterocycles. The average Bonchev–Trinajstić information content (AvgIpc) is 3.40. The van der Waals surface area contributed by atoms with Crippen LogP contribution < -0.4 is 0 Å². The molecule has 3 rings (SSSR count). The number of benzene rings is 1. The number of hydrogen-bond donors (Lipinski definition) is 0. The maximum absolute atomic E-state index is 13.1. The molecule has 0 aliphatic rings. The number of methoxy groups -OCH3 is 2. The smallest absolute Gasteiger partial charge is 0.325 e. The number of rotatable bonds is 8. The molecule has 1 aromatic carbocycles. The number of amides is 1. The largest absolute Gasteiger partial charge is 0.468 e. The van der Waals surface area contributed by atoms with Gasteiger partial charge < -0.3 is 18.8 Å². The van der Waals surface area contributed by atoms with E-state index >= 15 is 0 Å². The van der Waals surface area contributed by atoms with Gasteiger partial charge >= 0.3 is 5.97 Å². The molecule has 8 nitrogen and oxygen atoms in total. The lowest BCUT2D eigenvalue weighted by Gasteiger charge is -2.19.